The van der Waals surface area contributed by atoms with E-state index in [1.807, 2.05) is 24.3 Å². The van der Waals surface area contributed by atoms with E-state index in [1.165, 1.54) is 11.1 Å². The fourth-order valence-corrected chi connectivity index (χ4v) is 3.16. The Bertz CT molecular complexity index is 854. The average Bonchev–Trinajstić information content (AvgIpc) is 3.36. The summed E-state index contributed by atoms with van der Waals surface area (Å²) >= 11 is 0. The minimum Gasteiger partial charge on any atom is -0.454 e. The molecule has 0 spiro atoms. The predicted octanol–water partition coefficient (Wildman–Crippen LogP) is 2.48. The highest BCUT2D eigenvalue weighted by molar-refractivity contribution is 5.79. The fourth-order valence-electron chi connectivity index (χ4n) is 3.16. The first-order valence-corrected chi connectivity index (χ1v) is 9.61. The minimum atomic E-state index is 0.300. The number of benzene rings is 2. The number of nitrogens with one attached hydrogen (secondary N) is 2. The predicted molar refractivity (Wildman–Crippen MR) is 107 cm³/mol. The van der Waals surface area contributed by atoms with Crippen LogP contribution in [-0.2, 0) is 12.8 Å². The van der Waals surface area contributed by atoms with Gasteiger partial charge in [-0.05, 0) is 55.2 Å². The monoisotopic (exact) mass is 383 g/mol. The summed E-state index contributed by atoms with van der Waals surface area (Å²) in [5.74, 6) is 4.09. The molecule has 0 saturated heterocycles. The van der Waals surface area contributed by atoms with Gasteiger partial charge in [-0.25, -0.2) is 0 Å². The van der Waals surface area contributed by atoms with Crippen LogP contribution in [0.4, 0.5) is 0 Å². The third-order valence-corrected chi connectivity index (χ3v) is 4.59. The summed E-state index contributed by atoms with van der Waals surface area (Å²) in [6, 6.07) is 12.1. The highest BCUT2D eigenvalue weighted by atomic mass is 16.7. The topological polar surface area (TPSA) is 73.3 Å². The zero-order chi connectivity index (χ0) is 19.2. The van der Waals surface area contributed by atoms with E-state index < -0.39 is 0 Å². The van der Waals surface area contributed by atoms with Gasteiger partial charge in [-0.15, -0.1) is 0 Å². The molecule has 28 heavy (non-hydrogen) atoms. The first kappa shape index (κ1) is 18.3. The molecule has 7 heteroatoms. The Hall–Kier alpha value is -3.09. The number of nitrogens with zero attached hydrogens (tertiary/aromatic N) is 1. The molecule has 2 aliphatic rings. The van der Waals surface area contributed by atoms with Crippen LogP contribution in [0.3, 0.4) is 0 Å². The van der Waals surface area contributed by atoms with Gasteiger partial charge < -0.3 is 29.6 Å². The molecule has 2 N–H and O–H groups in total. The standard InChI is InChI=1S/C21H25N3O4/c1-2-22-21(23-9-7-15-3-5-17-19(11-15)27-13-25-17)24-10-8-16-4-6-18-20(12-16)28-14-26-18/h3-6,11-12H,2,7-10,13-14H2,1H3,(H2,22,23,24). The lowest BCUT2D eigenvalue weighted by Gasteiger charge is -2.11. The van der Waals surface area contributed by atoms with Crippen LogP contribution in [0.15, 0.2) is 41.4 Å². The molecule has 0 fully saturated rings. The molecule has 2 heterocycles. The largest absolute Gasteiger partial charge is 0.454 e. The summed E-state index contributed by atoms with van der Waals surface area (Å²) < 4.78 is 21.6. The van der Waals surface area contributed by atoms with E-state index in [1.54, 1.807) is 0 Å². The molecule has 2 aromatic carbocycles. The minimum absolute atomic E-state index is 0.300. The van der Waals surface area contributed by atoms with Gasteiger partial charge in [0.05, 0.1) is 0 Å². The number of ether oxygens (including phenoxy) is 4. The Kier molecular flexibility index (Phi) is 5.70. The smallest absolute Gasteiger partial charge is 0.231 e. The van der Waals surface area contributed by atoms with Crippen molar-refractivity contribution in [3.05, 3.63) is 47.5 Å². The second kappa shape index (κ2) is 8.73. The molecule has 0 radical (unpaired) electrons. The highest BCUT2D eigenvalue weighted by Crippen LogP contribution is 2.33. The molecule has 0 saturated carbocycles. The van der Waals surface area contributed by atoms with Crippen molar-refractivity contribution in [1.29, 1.82) is 0 Å². The van der Waals surface area contributed by atoms with E-state index in [2.05, 4.69) is 34.7 Å². The molecule has 0 aromatic heterocycles. The van der Waals surface area contributed by atoms with Crippen molar-refractivity contribution >= 4 is 5.96 Å². The first-order chi connectivity index (χ1) is 13.8. The summed E-state index contributed by atoms with van der Waals surface area (Å²) in [5.41, 5.74) is 2.39. The highest BCUT2D eigenvalue weighted by Gasteiger charge is 2.14. The number of aliphatic imine (C=N–C) groups is 1. The van der Waals surface area contributed by atoms with E-state index in [0.717, 1.165) is 54.9 Å². The van der Waals surface area contributed by atoms with E-state index in [4.69, 9.17) is 18.9 Å². The average molecular weight is 383 g/mol. The molecule has 4 rings (SSSR count). The summed E-state index contributed by atoms with van der Waals surface area (Å²) in [7, 11) is 0. The van der Waals surface area contributed by atoms with Crippen LogP contribution < -0.4 is 29.6 Å². The van der Waals surface area contributed by atoms with Gasteiger partial charge in [0.25, 0.3) is 0 Å². The Morgan fingerprint density at radius 2 is 1.43 bits per heavy atom. The van der Waals surface area contributed by atoms with Crippen LogP contribution in [0.5, 0.6) is 23.0 Å². The maximum absolute atomic E-state index is 5.43. The molecule has 148 valence electrons. The SMILES string of the molecule is CCNC(=NCCc1ccc2c(c1)OCO2)NCCc1ccc2c(c1)OCO2. The van der Waals surface area contributed by atoms with Gasteiger partial charge in [-0.1, -0.05) is 12.1 Å². The Morgan fingerprint density at radius 3 is 2.07 bits per heavy atom. The van der Waals surface area contributed by atoms with Crippen LogP contribution in [-0.4, -0.2) is 39.2 Å². The van der Waals surface area contributed by atoms with E-state index in [0.29, 0.717) is 20.1 Å². The van der Waals surface area contributed by atoms with Gasteiger partial charge in [0.15, 0.2) is 29.0 Å². The molecule has 7 nitrogen and oxygen atoms in total. The van der Waals surface area contributed by atoms with Crippen molar-refractivity contribution in [3.8, 4) is 23.0 Å². The van der Waals surface area contributed by atoms with Crippen molar-refractivity contribution in [2.75, 3.05) is 33.2 Å². The molecule has 0 unspecified atom stereocenters. The molecule has 0 atom stereocenters. The van der Waals surface area contributed by atoms with Crippen LogP contribution >= 0.6 is 0 Å². The van der Waals surface area contributed by atoms with Crippen molar-refractivity contribution in [1.82, 2.24) is 10.6 Å². The van der Waals surface area contributed by atoms with Gasteiger partial charge in [0.2, 0.25) is 13.6 Å². The fraction of sp³-hybridized carbons (Fsp3) is 0.381. The molecular formula is C21H25N3O4. The van der Waals surface area contributed by atoms with Gasteiger partial charge in [0, 0.05) is 19.6 Å². The Balaban J connectivity index is 1.27. The maximum atomic E-state index is 5.43. The molecular weight excluding hydrogens is 358 g/mol. The lowest BCUT2D eigenvalue weighted by atomic mass is 10.1. The van der Waals surface area contributed by atoms with E-state index >= 15 is 0 Å². The maximum Gasteiger partial charge on any atom is 0.231 e. The van der Waals surface area contributed by atoms with Crippen molar-refractivity contribution < 1.29 is 18.9 Å². The zero-order valence-corrected chi connectivity index (χ0v) is 16.0. The Morgan fingerprint density at radius 1 is 0.821 bits per heavy atom. The van der Waals surface area contributed by atoms with Crippen LogP contribution in [0.2, 0.25) is 0 Å². The van der Waals surface area contributed by atoms with Gasteiger partial charge >= 0.3 is 0 Å². The van der Waals surface area contributed by atoms with Crippen LogP contribution in [0.1, 0.15) is 18.1 Å². The quantitative estimate of drug-likeness (QED) is 0.565. The summed E-state index contributed by atoms with van der Waals surface area (Å²) in [6.45, 7) is 4.97. The summed E-state index contributed by atoms with van der Waals surface area (Å²) in [5, 5.41) is 6.67. The third kappa shape index (κ3) is 4.42. The number of fused-ring (bicyclic) bond motifs is 2. The molecule has 0 amide bonds. The molecule has 0 bridgehead atoms. The van der Waals surface area contributed by atoms with Crippen molar-refractivity contribution in [2.45, 2.75) is 19.8 Å². The molecule has 0 aliphatic carbocycles. The van der Waals surface area contributed by atoms with E-state index in [9.17, 15) is 0 Å². The zero-order valence-electron chi connectivity index (χ0n) is 16.0. The van der Waals surface area contributed by atoms with E-state index in [-0.39, 0.29) is 0 Å². The van der Waals surface area contributed by atoms with Gasteiger partial charge in [-0.2, -0.15) is 0 Å². The number of guanidine groups is 1. The number of hydrogen-bond donors (Lipinski definition) is 2. The van der Waals surface area contributed by atoms with Crippen LogP contribution in [0.25, 0.3) is 0 Å². The van der Waals surface area contributed by atoms with Crippen LogP contribution in [0, 0.1) is 0 Å². The normalized spacial score (nSPS) is 14.2. The number of rotatable bonds is 7. The lowest BCUT2D eigenvalue weighted by Crippen LogP contribution is -2.38. The van der Waals surface area contributed by atoms with Crippen molar-refractivity contribution in [3.63, 3.8) is 0 Å². The summed E-state index contributed by atoms with van der Waals surface area (Å²) in [6.07, 6.45) is 1.72. The van der Waals surface area contributed by atoms with Gasteiger partial charge in [-0.3, -0.25) is 4.99 Å². The first-order valence-electron chi connectivity index (χ1n) is 9.61. The summed E-state index contributed by atoms with van der Waals surface area (Å²) in [4.78, 5) is 4.67. The van der Waals surface area contributed by atoms with Crippen molar-refractivity contribution in [2.24, 2.45) is 4.99 Å². The third-order valence-electron chi connectivity index (χ3n) is 4.59. The molecule has 2 aromatic rings. The second-order valence-corrected chi connectivity index (χ2v) is 6.56. The second-order valence-electron chi connectivity index (χ2n) is 6.56. The number of hydrogen-bond acceptors (Lipinski definition) is 5. The lowest BCUT2D eigenvalue weighted by molar-refractivity contribution is 0.173. The Labute approximate surface area is 164 Å². The van der Waals surface area contributed by atoms with Gasteiger partial charge in [0.1, 0.15) is 0 Å². The molecule has 2 aliphatic heterocycles.